The van der Waals surface area contributed by atoms with E-state index in [0.29, 0.717) is 23.8 Å². The second kappa shape index (κ2) is 8.21. The summed E-state index contributed by atoms with van der Waals surface area (Å²) in [5.41, 5.74) is 2.93. The Bertz CT molecular complexity index is 955. The number of rotatable bonds is 6. The van der Waals surface area contributed by atoms with Crippen LogP contribution in [0.2, 0.25) is 0 Å². The van der Waals surface area contributed by atoms with E-state index in [-0.39, 0.29) is 18.4 Å². The molecular formula is C21H22N4O3. The quantitative estimate of drug-likeness (QED) is 0.708. The number of aromatic nitrogens is 3. The molecule has 7 heteroatoms. The van der Waals surface area contributed by atoms with Crippen LogP contribution in [0, 0.1) is 0 Å². The number of hydrogen-bond acceptors (Lipinski definition) is 6. The summed E-state index contributed by atoms with van der Waals surface area (Å²) in [5, 5.41) is 6.95. The van der Waals surface area contributed by atoms with E-state index in [2.05, 4.69) is 26.5 Å². The number of aryl methyl sites for hydroxylation is 2. The normalized spacial score (nSPS) is 14.0. The van der Waals surface area contributed by atoms with Gasteiger partial charge in [-0.05, 0) is 49.1 Å². The van der Waals surface area contributed by atoms with E-state index in [1.165, 1.54) is 5.56 Å². The Morgan fingerprint density at radius 2 is 2.21 bits per heavy atom. The molecule has 0 spiro atoms. The molecule has 144 valence electrons. The SMILES string of the molecule is C[C@@H](NC(=O)CCc1nc(-c2ccccn2)no1)c1ccc2c(c1)CCCO2. The second-order valence-corrected chi connectivity index (χ2v) is 6.84. The van der Waals surface area contributed by atoms with Crippen LogP contribution in [0.15, 0.2) is 47.1 Å². The number of fused-ring (bicyclic) bond motifs is 1. The number of ether oxygens (including phenoxy) is 1. The first-order valence-electron chi connectivity index (χ1n) is 9.48. The summed E-state index contributed by atoms with van der Waals surface area (Å²) >= 11 is 0. The molecule has 3 aromatic rings. The van der Waals surface area contributed by atoms with E-state index < -0.39 is 0 Å². The predicted octanol–water partition coefficient (Wildman–Crippen LogP) is 3.27. The monoisotopic (exact) mass is 378 g/mol. The number of carbonyl (C=O) groups is 1. The number of pyridine rings is 1. The van der Waals surface area contributed by atoms with Crippen LogP contribution in [0.3, 0.4) is 0 Å². The number of nitrogens with one attached hydrogen (secondary N) is 1. The molecule has 0 unspecified atom stereocenters. The van der Waals surface area contributed by atoms with Crippen molar-refractivity contribution in [2.75, 3.05) is 6.61 Å². The first-order chi connectivity index (χ1) is 13.7. The number of nitrogens with zero attached hydrogens (tertiary/aromatic N) is 3. The maximum absolute atomic E-state index is 12.3. The first-order valence-corrected chi connectivity index (χ1v) is 9.48. The maximum Gasteiger partial charge on any atom is 0.227 e. The minimum atomic E-state index is -0.0773. The molecule has 0 aliphatic carbocycles. The molecule has 1 aromatic carbocycles. The first kappa shape index (κ1) is 18.2. The van der Waals surface area contributed by atoms with Gasteiger partial charge in [-0.2, -0.15) is 4.98 Å². The molecule has 1 aliphatic rings. The van der Waals surface area contributed by atoms with E-state index in [1.54, 1.807) is 6.20 Å². The van der Waals surface area contributed by atoms with Gasteiger partial charge in [0.1, 0.15) is 11.4 Å². The third-order valence-corrected chi connectivity index (χ3v) is 4.74. The van der Waals surface area contributed by atoms with Crippen LogP contribution < -0.4 is 10.1 Å². The Morgan fingerprint density at radius 3 is 3.07 bits per heavy atom. The Hall–Kier alpha value is -3.22. The van der Waals surface area contributed by atoms with Gasteiger partial charge in [-0.3, -0.25) is 9.78 Å². The summed E-state index contributed by atoms with van der Waals surface area (Å²) in [7, 11) is 0. The summed E-state index contributed by atoms with van der Waals surface area (Å²) in [6, 6.07) is 11.5. The van der Waals surface area contributed by atoms with E-state index in [9.17, 15) is 4.79 Å². The standard InChI is InChI=1S/C21H22N4O3/c1-14(15-7-8-18-16(13-15)5-4-12-27-18)23-19(26)9-10-20-24-21(25-28-20)17-6-2-3-11-22-17/h2-3,6-8,11,13-14H,4-5,9-10,12H2,1H3,(H,23,26)/t14-/m1/s1. The Morgan fingerprint density at radius 1 is 1.29 bits per heavy atom. The molecule has 1 N–H and O–H groups in total. The molecule has 1 aliphatic heterocycles. The van der Waals surface area contributed by atoms with Gasteiger partial charge in [0.25, 0.3) is 0 Å². The number of amides is 1. The fraction of sp³-hybridized carbons (Fsp3) is 0.333. The summed E-state index contributed by atoms with van der Waals surface area (Å²) in [5.74, 6) is 1.75. The van der Waals surface area contributed by atoms with Gasteiger partial charge in [0, 0.05) is 19.0 Å². The number of carbonyl (C=O) groups excluding carboxylic acids is 1. The summed E-state index contributed by atoms with van der Waals surface area (Å²) in [6.45, 7) is 2.76. The van der Waals surface area contributed by atoms with Crippen molar-refractivity contribution in [2.24, 2.45) is 0 Å². The molecule has 28 heavy (non-hydrogen) atoms. The lowest BCUT2D eigenvalue weighted by molar-refractivity contribution is -0.121. The third-order valence-electron chi connectivity index (χ3n) is 4.74. The van der Waals surface area contributed by atoms with Crippen molar-refractivity contribution in [3.05, 3.63) is 59.6 Å². The van der Waals surface area contributed by atoms with E-state index in [1.807, 2.05) is 37.3 Å². The molecule has 0 fully saturated rings. The van der Waals surface area contributed by atoms with Gasteiger partial charge in [0.2, 0.25) is 17.6 Å². The molecule has 0 radical (unpaired) electrons. The number of hydrogen-bond donors (Lipinski definition) is 1. The van der Waals surface area contributed by atoms with Crippen LogP contribution in [0.5, 0.6) is 5.75 Å². The Labute approximate surface area is 163 Å². The van der Waals surface area contributed by atoms with Crippen molar-refractivity contribution in [1.82, 2.24) is 20.4 Å². The minimum absolute atomic E-state index is 0.0564. The molecule has 1 amide bonds. The molecule has 2 aromatic heterocycles. The van der Waals surface area contributed by atoms with E-state index in [4.69, 9.17) is 9.26 Å². The largest absolute Gasteiger partial charge is 0.493 e. The highest BCUT2D eigenvalue weighted by molar-refractivity contribution is 5.76. The lowest BCUT2D eigenvalue weighted by Crippen LogP contribution is -2.27. The lowest BCUT2D eigenvalue weighted by Gasteiger charge is -2.20. The van der Waals surface area contributed by atoms with Crippen LogP contribution in [0.1, 0.15) is 42.8 Å². The molecule has 0 bridgehead atoms. The van der Waals surface area contributed by atoms with Gasteiger partial charge >= 0.3 is 0 Å². The highest BCUT2D eigenvalue weighted by Crippen LogP contribution is 2.27. The van der Waals surface area contributed by atoms with Gasteiger partial charge in [-0.1, -0.05) is 23.4 Å². The molecular weight excluding hydrogens is 356 g/mol. The van der Waals surface area contributed by atoms with Gasteiger partial charge in [0.15, 0.2) is 0 Å². The molecule has 1 atom stereocenters. The van der Waals surface area contributed by atoms with E-state index in [0.717, 1.165) is 30.8 Å². The Kier molecular flexibility index (Phi) is 5.32. The van der Waals surface area contributed by atoms with Gasteiger partial charge in [-0.25, -0.2) is 0 Å². The zero-order chi connectivity index (χ0) is 19.3. The smallest absolute Gasteiger partial charge is 0.227 e. The Balaban J connectivity index is 1.31. The average molecular weight is 378 g/mol. The van der Waals surface area contributed by atoms with Crippen LogP contribution in [-0.2, 0) is 17.6 Å². The van der Waals surface area contributed by atoms with Gasteiger partial charge in [0.05, 0.1) is 12.6 Å². The van der Waals surface area contributed by atoms with Gasteiger partial charge < -0.3 is 14.6 Å². The minimum Gasteiger partial charge on any atom is -0.493 e. The molecule has 0 saturated carbocycles. The highest BCUT2D eigenvalue weighted by atomic mass is 16.5. The van der Waals surface area contributed by atoms with E-state index >= 15 is 0 Å². The third kappa shape index (κ3) is 4.19. The zero-order valence-electron chi connectivity index (χ0n) is 15.7. The average Bonchev–Trinajstić information content (AvgIpc) is 3.22. The van der Waals surface area contributed by atoms with Crippen LogP contribution in [0.25, 0.3) is 11.5 Å². The van der Waals surface area contributed by atoms with Crippen molar-refractivity contribution in [1.29, 1.82) is 0 Å². The molecule has 7 nitrogen and oxygen atoms in total. The van der Waals surface area contributed by atoms with Crippen LogP contribution >= 0.6 is 0 Å². The van der Waals surface area contributed by atoms with Crippen molar-refractivity contribution in [3.8, 4) is 17.3 Å². The second-order valence-electron chi connectivity index (χ2n) is 6.84. The van der Waals surface area contributed by atoms with Crippen molar-refractivity contribution in [3.63, 3.8) is 0 Å². The highest BCUT2D eigenvalue weighted by Gasteiger charge is 2.16. The topological polar surface area (TPSA) is 90.1 Å². The fourth-order valence-electron chi connectivity index (χ4n) is 3.22. The van der Waals surface area contributed by atoms with Gasteiger partial charge in [-0.15, -0.1) is 0 Å². The van der Waals surface area contributed by atoms with Crippen molar-refractivity contribution >= 4 is 5.91 Å². The molecule has 4 rings (SSSR count). The van der Waals surface area contributed by atoms with Crippen LogP contribution in [0.4, 0.5) is 0 Å². The lowest BCUT2D eigenvalue weighted by atomic mass is 10.00. The number of benzene rings is 1. The zero-order valence-corrected chi connectivity index (χ0v) is 15.7. The summed E-state index contributed by atoms with van der Waals surface area (Å²) in [6.07, 6.45) is 4.38. The van der Waals surface area contributed by atoms with Crippen molar-refractivity contribution < 1.29 is 14.1 Å². The predicted molar refractivity (Wildman–Crippen MR) is 103 cm³/mol. The summed E-state index contributed by atoms with van der Waals surface area (Å²) < 4.78 is 10.9. The fourth-order valence-corrected chi connectivity index (χ4v) is 3.22. The van der Waals surface area contributed by atoms with Crippen LogP contribution in [-0.4, -0.2) is 27.6 Å². The molecule has 3 heterocycles. The molecule has 0 saturated heterocycles. The maximum atomic E-state index is 12.3. The van der Waals surface area contributed by atoms with Crippen molar-refractivity contribution in [2.45, 2.75) is 38.6 Å². The summed E-state index contributed by atoms with van der Waals surface area (Å²) in [4.78, 5) is 20.8.